The Morgan fingerprint density at radius 3 is 2.71 bits per heavy atom. The summed E-state index contributed by atoms with van der Waals surface area (Å²) in [6, 6.07) is 4.03. The molecule has 1 aromatic heterocycles. The molecule has 2 N–H and O–H groups in total. The van der Waals surface area contributed by atoms with Crippen molar-refractivity contribution in [1.29, 1.82) is 0 Å². The number of hydrogen-bond acceptors (Lipinski definition) is 3. The van der Waals surface area contributed by atoms with E-state index in [1.165, 1.54) is 14.8 Å². The van der Waals surface area contributed by atoms with E-state index in [1.807, 2.05) is 12.1 Å². The van der Waals surface area contributed by atoms with Gasteiger partial charge in [-0.2, -0.15) is 8.42 Å². The highest BCUT2D eigenvalue weighted by Gasteiger charge is 2.04. The van der Waals surface area contributed by atoms with E-state index in [0.29, 0.717) is 6.54 Å². The second-order valence-corrected chi connectivity index (χ2v) is 7.32. The Bertz CT molecular complexity index is 388. The quantitative estimate of drug-likeness (QED) is 0.780. The second-order valence-electron chi connectivity index (χ2n) is 2.56. The van der Waals surface area contributed by atoms with Gasteiger partial charge in [-0.25, -0.2) is 9.44 Å². The molecular formula is C7H11IN2O2S2. The van der Waals surface area contributed by atoms with Crippen LogP contribution in [0.1, 0.15) is 4.88 Å². The molecule has 7 heteroatoms. The van der Waals surface area contributed by atoms with Gasteiger partial charge in [0.15, 0.2) is 0 Å². The van der Waals surface area contributed by atoms with Crippen LogP contribution in [0.2, 0.25) is 0 Å². The standard InChI is InChI=1S/C7H11IN2O2S2/c1-9-14(11,12)10-5-4-6-2-3-7(8)13-6/h2-3,9-10H,4-5H2,1H3. The SMILES string of the molecule is CNS(=O)(=O)NCCc1ccc(I)s1. The minimum absolute atomic E-state index is 0.430. The molecule has 0 spiro atoms. The Balaban J connectivity index is 2.36. The highest BCUT2D eigenvalue weighted by atomic mass is 127. The van der Waals surface area contributed by atoms with Gasteiger partial charge in [-0.3, -0.25) is 0 Å². The molecule has 0 aliphatic carbocycles. The topological polar surface area (TPSA) is 58.2 Å². The van der Waals surface area contributed by atoms with E-state index in [0.717, 1.165) is 6.42 Å². The van der Waals surface area contributed by atoms with Gasteiger partial charge in [0, 0.05) is 18.5 Å². The largest absolute Gasteiger partial charge is 0.276 e. The minimum atomic E-state index is -3.28. The van der Waals surface area contributed by atoms with Crippen LogP contribution in [0.3, 0.4) is 0 Å². The molecule has 0 aromatic carbocycles. The zero-order valence-electron chi connectivity index (χ0n) is 7.58. The van der Waals surface area contributed by atoms with Crippen molar-refractivity contribution < 1.29 is 8.42 Å². The molecule has 0 atom stereocenters. The van der Waals surface area contributed by atoms with Gasteiger partial charge < -0.3 is 0 Å². The maximum Gasteiger partial charge on any atom is 0.276 e. The lowest BCUT2D eigenvalue weighted by molar-refractivity contribution is 0.573. The molecule has 0 radical (unpaired) electrons. The summed E-state index contributed by atoms with van der Waals surface area (Å²) in [6.45, 7) is 0.430. The van der Waals surface area contributed by atoms with Crippen molar-refractivity contribution >= 4 is 44.1 Å². The van der Waals surface area contributed by atoms with Crippen LogP contribution in [0.15, 0.2) is 12.1 Å². The van der Waals surface area contributed by atoms with Crippen molar-refractivity contribution in [3.8, 4) is 0 Å². The normalized spacial score (nSPS) is 11.9. The van der Waals surface area contributed by atoms with E-state index < -0.39 is 10.2 Å². The van der Waals surface area contributed by atoms with Crippen LogP contribution in [-0.2, 0) is 16.6 Å². The third-order valence-corrected chi connectivity index (χ3v) is 4.64. The lowest BCUT2D eigenvalue weighted by Crippen LogP contribution is -2.35. The highest BCUT2D eigenvalue weighted by molar-refractivity contribution is 14.1. The van der Waals surface area contributed by atoms with Crippen LogP contribution < -0.4 is 9.44 Å². The van der Waals surface area contributed by atoms with Gasteiger partial charge in [-0.1, -0.05) is 0 Å². The maximum atomic E-state index is 11.0. The van der Waals surface area contributed by atoms with E-state index >= 15 is 0 Å². The van der Waals surface area contributed by atoms with E-state index in [2.05, 4.69) is 32.0 Å². The Kier molecular flexibility index (Phi) is 4.77. The molecule has 1 rings (SSSR count). The highest BCUT2D eigenvalue weighted by Crippen LogP contribution is 2.18. The molecule has 0 bridgehead atoms. The maximum absolute atomic E-state index is 11.0. The fourth-order valence-electron chi connectivity index (χ4n) is 0.867. The Morgan fingerprint density at radius 1 is 1.50 bits per heavy atom. The molecular weight excluding hydrogens is 335 g/mol. The lowest BCUT2D eigenvalue weighted by Gasteiger charge is -2.02. The van der Waals surface area contributed by atoms with E-state index in [4.69, 9.17) is 0 Å². The Morgan fingerprint density at radius 2 is 2.21 bits per heavy atom. The summed E-state index contributed by atoms with van der Waals surface area (Å²) < 4.78 is 27.8. The molecule has 0 amide bonds. The van der Waals surface area contributed by atoms with Crippen molar-refractivity contribution in [2.45, 2.75) is 6.42 Å². The fourth-order valence-corrected chi connectivity index (χ4v) is 3.14. The first-order chi connectivity index (χ1) is 6.53. The van der Waals surface area contributed by atoms with E-state index in [9.17, 15) is 8.42 Å². The van der Waals surface area contributed by atoms with Gasteiger partial charge in [-0.15, -0.1) is 11.3 Å². The van der Waals surface area contributed by atoms with E-state index in [-0.39, 0.29) is 0 Å². The molecule has 4 nitrogen and oxygen atoms in total. The summed E-state index contributed by atoms with van der Waals surface area (Å²) in [5, 5.41) is 0. The summed E-state index contributed by atoms with van der Waals surface area (Å²) in [7, 11) is -1.89. The first-order valence-corrected chi connectivity index (χ1v) is 7.34. The zero-order valence-corrected chi connectivity index (χ0v) is 11.4. The predicted molar refractivity (Wildman–Crippen MR) is 66.7 cm³/mol. The number of halogens is 1. The van der Waals surface area contributed by atoms with Crippen molar-refractivity contribution in [3.05, 3.63) is 19.9 Å². The monoisotopic (exact) mass is 346 g/mol. The average Bonchev–Trinajstić information content (AvgIpc) is 2.51. The predicted octanol–water partition coefficient (Wildman–Crippen LogP) is 0.949. The van der Waals surface area contributed by atoms with Gasteiger partial charge in [0.25, 0.3) is 10.2 Å². The molecule has 0 aliphatic rings. The Labute approximate surface area is 101 Å². The molecule has 1 aromatic rings. The van der Waals surface area contributed by atoms with Gasteiger partial charge in [0.2, 0.25) is 0 Å². The molecule has 1 heterocycles. The second kappa shape index (κ2) is 5.40. The molecule has 14 heavy (non-hydrogen) atoms. The van der Waals surface area contributed by atoms with Crippen molar-refractivity contribution in [3.63, 3.8) is 0 Å². The van der Waals surface area contributed by atoms with Crippen LogP contribution in [0.5, 0.6) is 0 Å². The number of rotatable bonds is 5. The van der Waals surface area contributed by atoms with Gasteiger partial charge >= 0.3 is 0 Å². The van der Waals surface area contributed by atoms with Gasteiger partial charge in [0.1, 0.15) is 0 Å². The zero-order chi connectivity index (χ0) is 10.6. The number of nitrogens with one attached hydrogen (secondary N) is 2. The first kappa shape index (κ1) is 12.4. The molecule has 0 aliphatic heterocycles. The number of thiophene rings is 1. The van der Waals surface area contributed by atoms with Crippen LogP contribution in [-0.4, -0.2) is 22.0 Å². The summed E-state index contributed by atoms with van der Waals surface area (Å²) in [6.07, 6.45) is 0.731. The molecule has 0 saturated heterocycles. The first-order valence-electron chi connectivity index (χ1n) is 3.96. The summed E-state index contributed by atoms with van der Waals surface area (Å²) >= 11 is 3.92. The molecule has 0 unspecified atom stereocenters. The molecule has 0 saturated carbocycles. The van der Waals surface area contributed by atoms with Crippen molar-refractivity contribution in [2.75, 3.05) is 13.6 Å². The summed E-state index contributed by atoms with van der Waals surface area (Å²) in [5.41, 5.74) is 0. The third kappa shape index (κ3) is 4.22. The lowest BCUT2D eigenvalue weighted by atomic mass is 10.3. The van der Waals surface area contributed by atoms with Gasteiger partial charge in [0.05, 0.1) is 2.88 Å². The minimum Gasteiger partial charge on any atom is -0.205 e. The number of hydrogen-bond donors (Lipinski definition) is 2. The average molecular weight is 346 g/mol. The molecule has 0 fully saturated rings. The van der Waals surface area contributed by atoms with Crippen LogP contribution in [0.4, 0.5) is 0 Å². The smallest absolute Gasteiger partial charge is 0.205 e. The van der Waals surface area contributed by atoms with E-state index in [1.54, 1.807) is 11.3 Å². The van der Waals surface area contributed by atoms with Gasteiger partial charge in [-0.05, 0) is 41.1 Å². The Hall–Kier alpha value is 0.300. The van der Waals surface area contributed by atoms with Crippen LogP contribution in [0, 0.1) is 2.88 Å². The van der Waals surface area contributed by atoms with Crippen molar-refractivity contribution in [1.82, 2.24) is 9.44 Å². The molecule has 80 valence electrons. The summed E-state index contributed by atoms with van der Waals surface area (Å²) in [4.78, 5) is 1.19. The van der Waals surface area contributed by atoms with Crippen LogP contribution >= 0.6 is 33.9 Å². The van der Waals surface area contributed by atoms with Crippen molar-refractivity contribution in [2.24, 2.45) is 0 Å². The summed E-state index contributed by atoms with van der Waals surface area (Å²) in [5.74, 6) is 0. The fraction of sp³-hybridized carbons (Fsp3) is 0.429. The third-order valence-electron chi connectivity index (χ3n) is 1.56. The van der Waals surface area contributed by atoms with Crippen LogP contribution in [0.25, 0.3) is 0 Å².